The second kappa shape index (κ2) is 6.46. The van der Waals surface area contributed by atoms with E-state index in [2.05, 4.69) is 10.1 Å². The first kappa shape index (κ1) is 20.6. The molecule has 0 radical (unpaired) electrons. The second-order valence-electron chi connectivity index (χ2n) is 6.09. The third-order valence-corrected chi connectivity index (χ3v) is 4.92. The van der Waals surface area contributed by atoms with E-state index in [0.29, 0.717) is 12.4 Å². The van der Waals surface area contributed by atoms with Gasteiger partial charge in [0.2, 0.25) is 0 Å². The van der Waals surface area contributed by atoms with E-state index in [1.54, 1.807) is 6.92 Å². The van der Waals surface area contributed by atoms with Crippen LogP contribution in [0.25, 0.3) is 11.1 Å². The van der Waals surface area contributed by atoms with Gasteiger partial charge in [0.25, 0.3) is 5.56 Å². The van der Waals surface area contributed by atoms with Crippen molar-refractivity contribution >= 4 is 11.8 Å². The van der Waals surface area contributed by atoms with Crippen LogP contribution in [0.1, 0.15) is 12.6 Å². The molecule has 0 saturated carbocycles. The number of rotatable bonds is 3. The number of alkyl halides is 8. The Morgan fingerprint density at radius 2 is 1.82 bits per heavy atom. The zero-order valence-electron chi connectivity index (χ0n) is 13.8. The van der Waals surface area contributed by atoms with Gasteiger partial charge in [-0.15, -0.1) is 0 Å². The average molecular weight is 434 g/mol. The van der Waals surface area contributed by atoms with Crippen molar-refractivity contribution in [1.29, 1.82) is 0 Å². The van der Waals surface area contributed by atoms with E-state index in [1.807, 2.05) is 0 Å². The highest BCUT2D eigenvalue weighted by molar-refractivity contribution is 7.99. The summed E-state index contributed by atoms with van der Waals surface area (Å²) in [6.45, 7) is -0.190. The Morgan fingerprint density at radius 3 is 2.39 bits per heavy atom. The van der Waals surface area contributed by atoms with Gasteiger partial charge >= 0.3 is 18.3 Å². The van der Waals surface area contributed by atoms with Gasteiger partial charge in [-0.2, -0.15) is 40.2 Å². The van der Waals surface area contributed by atoms with Crippen LogP contribution in [-0.4, -0.2) is 36.7 Å². The molecule has 0 spiro atoms. The molecule has 0 saturated heterocycles. The summed E-state index contributed by atoms with van der Waals surface area (Å²) >= 11 is 0.962. The van der Waals surface area contributed by atoms with E-state index >= 15 is 0 Å². The molecule has 14 heteroatoms. The Labute approximate surface area is 155 Å². The monoisotopic (exact) mass is 434 g/mol. The normalized spacial score (nSPS) is 17.8. The van der Waals surface area contributed by atoms with Gasteiger partial charge in [0.15, 0.2) is 10.9 Å². The Morgan fingerprint density at radius 1 is 1.18 bits per heavy atom. The van der Waals surface area contributed by atoms with Crippen LogP contribution in [0.2, 0.25) is 0 Å². The maximum Gasteiger partial charge on any atom is 0.455 e. The van der Waals surface area contributed by atoms with Gasteiger partial charge in [-0.25, -0.2) is 4.98 Å². The molecular formula is C14H10F8N4OS. The molecule has 3 heterocycles. The second-order valence-corrected chi connectivity index (χ2v) is 7.49. The predicted molar refractivity (Wildman–Crippen MR) is 81.0 cm³/mol. The molecule has 0 aliphatic carbocycles. The lowest BCUT2D eigenvalue weighted by Gasteiger charge is -2.19. The fraction of sp³-hybridized carbons (Fsp3) is 0.500. The van der Waals surface area contributed by atoms with E-state index in [-0.39, 0.29) is 21.6 Å². The van der Waals surface area contributed by atoms with Crippen LogP contribution in [0.5, 0.6) is 0 Å². The van der Waals surface area contributed by atoms with Crippen LogP contribution in [0, 0.1) is 0 Å². The lowest BCUT2D eigenvalue weighted by molar-refractivity contribution is -0.287. The largest absolute Gasteiger partial charge is 0.455 e. The zero-order chi connectivity index (χ0) is 21.1. The van der Waals surface area contributed by atoms with Gasteiger partial charge in [-0.1, -0.05) is 18.7 Å². The van der Waals surface area contributed by atoms with Gasteiger partial charge in [0.1, 0.15) is 6.54 Å². The number of aromatic nitrogens is 4. The van der Waals surface area contributed by atoms with Crippen LogP contribution in [0.3, 0.4) is 0 Å². The third-order valence-electron chi connectivity index (χ3n) is 3.85. The molecule has 0 fully saturated rings. The standard InChI is InChI=1S/C14H10F8N4OS/c1-6-3-26-10(27)8(9(13(17,18)19)24-11(26)28-6)7-2-23-25(4-7)5-12(15,16)14(20,21)22/h2,4,6H,3,5H2,1H3/t6-/m0/s1. The molecule has 0 N–H and O–H groups in total. The molecule has 5 nitrogen and oxygen atoms in total. The fourth-order valence-corrected chi connectivity index (χ4v) is 3.61. The molecule has 0 bridgehead atoms. The molecule has 1 atom stereocenters. The molecule has 0 unspecified atom stereocenters. The summed E-state index contributed by atoms with van der Waals surface area (Å²) in [4.78, 5) is 16.0. The fourth-order valence-electron chi connectivity index (χ4n) is 2.60. The van der Waals surface area contributed by atoms with Crippen molar-refractivity contribution in [3.63, 3.8) is 0 Å². The van der Waals surface area contributed by atoms with Crippen LogP contribution in [0.4, 0.5) is 35.1 Å². The quantitative estimate of drug-likeness (QED) is 0.545. The molecule has 1 aliphatic rings. The molecule has 0 amide bonds. The van der Waals surface area contributed by atoms with Crippen molar-refractivity contribution in [2.45, 2.75) is 48.7 Å². The van der Waals surface area contributed by atoms with Crippen LogP contribution < -0.4 is 5.56 Å². The van der Waals surface area contributed by atoms with Crippen LogP contribution in [0.15, 0.2) is 22.3 Å². The molecule has 154 valence electrons. The van der Waals surface area contributed by atoms with Gasteiger partial charge in [-0.3, -0.25) is 14.0 Å². The summed E-state index contributed by atoms with van der Waals surface area (Å²) in [6, 6.07) is 0. The van der Waals surface area contributed by atoms with Gasteiger partial charge in [0, 0.05) is 23.6 Å². The van der Waals surface area contributed by atoms with Crippen LogP contribution in [-0.2, 0) is 19.3 Å². The highest BCUT2D eigenvalue weighted by atomic mass is 32.2. The summed E-state index contributed by atoms with van der Waals surface area (Å²) < 4.78 is 105. The third kappa shape index (κ3) is 3.61. The van der Waals surface area contributed by atoms with E-state index in [0.717, 1.165) is 16.3 Å². The van der Waals surface area contributed by atoms with Gasteiger partial charge in [-0.05, 0) is 0 Å². The Balaban J connectivity index is 2.09. The summed E-state index contributed by atoms with van der Waals surface area (Å²) in [7, 11) is 0. The Bertz CT molecular complexity index is 962. The minimum absolute atomic E-state index is 0.0806. The van der Waals surface area contributed by atoms with Crippen LogP contribution >= 0.6 is 11.8 Å². The smallest absolute Gasteiger partial charge is 0.286 e. The number of hydrogen-bond donors (Lipinski definition) is 0. The first-order valence-corrected chi connectivity index (χ1v) is 8.45. The summed E-state index contributed by atoms with van der Waals surface area (Å²) in [6.07, 6.45) is -9.75. The maximum atomic E-state index is 13.4. The highest BCUT2D eigenvalue weighted by Crippen LogP contribution is 2.39. The predicted octanol–water partition coefficient (Wildman–Crippen LogP) is 3.82. The molecule has 2 aromatic rings. The number of nitrogens with zero attached hydrogens (tertiary/aromatic N) is 4. The number of hydrogen-bond acceptors (Lipinski definition) is 4. The summed E-state index contributed by atoms with van der Waals surface area (Å²) in [5, 5.41) is 2.89. The van der Waals surface area contributed by atoms with Crippen molar-refractivity contribution in [1.82, 2.24) is 19.3 Å². The lowest BCUT2D eigenvalue weighted by Crippen LogP contribution is -2.40. The number of halogens is 8. The number of fused-ring (bicyclic) bond motifs is 1. The maximum absolute atomic E-state index is 13.4. The van der Waals surface area contributed by atoms with Crippen molar-refractivity contribution in [2.24, 2.45) is 0 Å². The molecule has 1 aliphatic heterocycles. The molecule has 2 aromatic heterocycles. The minimum Gasteiger partial charge on any atom is -0.286 e. The van der Waals surface area contributed by atoms with E-state index in [9.17, 15) is 39.9 Å². The summed E-state index contributed by atoms with van der Waals surface area (Å²) in [5.41, 5.74) is -4.13. The molecule has 3 rings (SSSR count). The lowest BCUT2D eigenvalue weighted by atomic mass is 10.1. The zero-order valence-corrected chi connectivity index (χ0v) is 14.6. The SMILES string of the molecule is C[C@H]1Cn2c(nc(C(F)(F)F)c(-c3cnn(CC(F)(F)C(F)(F)F)c3)c2=O)S1. The highest BCUT2D eigenvalue weighted by Gasteiger charge is 2.57. The van der Waals surface area contributed by atoms with Crippen molar-refractivity contribution in [3.05, 3.63) is 28.4 Å². The van der Waals surface area contributed by atoms with Gasteiger partial charge < -0.3 is 0 Å². The minimum atomic E-state index is -5.86. The van der Waals surface area contributed by atoms with E-state index in [4.69, 9.17) is 0 Å². The van der Waals surface area contributed by atoms with E-state index in [1.165, 1.54) is 0 Å². The van der Waals surface area contributed by atoms with Crippen molar-refractivity contribution in [3.8, 4) is 11.1 Å². The number of thioether (sulfide) groups is 1. The first-order chi connectivity index (χ1) is 12.7. The molecule has 28 heavy (non-hydrogen) atoms. The van der Waals surface area contributed by atoms with Crippen molar-refractivity contribution < 1.29 is 35.1 Å². The van der Waals surface area contributed by atoms with Gasteiger partial charge in [0.05, 0.1) is 11.8 Å². The average Bonchev–Trinajstić information content (AvgIpc) is 3.10. The summed E-state index contributed by atoms with van der Waals surface area (Å²) in [5.74, 6) is -5.15. The van der Waals surface area contributed by atoms with E-state index < -0.39 is 47.2 Å². The molecule has 0 aromatic carbocycles. The Kier molecular flexibility index (Phi) is 4.75. The topological polar surface area (TPSA) is 52.7 Å². The Hall–Kier alpha value is -2.12. The molecular weight excluding hydrogens is 424 g/mol. The van der Waals surface area contributed by atoms with Crippen molar-refractivity contribution in [2.75, 3.05) is 0 Å². The first-order valence-electron chi connectivity index (χ1n) is 7.57.